The van der Waals surface area contributed by atoms with E-state index in [1.54, 1.807) is 42.3 Å². The van der Waals surface area contributed by atoms with Crippen molar-refractivity contribution in [1.82, 2.24) is 19.4 Å². The summed E-state index contributed by atoms with van der Waals surface area (Å²) in [5.74, 6) is 1.04. The predicted octanol–water partition coefficient (Wildman–Crippen LogP) is 6.08. The minimum Gasteiger partial charge on any atom is -0.496 e. The van der Waals surface area contributed by atoms with Gasteiger partial charge in [0.2, 0.25) is 0 Å². The van der Waals surface area contributed by atoms with Gasteiger partial charge in [-0.15, -0.1) is 11.3 Å². The molecule has 7 nitrogen and oxygen atoms in total. The molecule has 4 aromatic rings. The molecule has 0 radical (unpaired) electrons. The van der Waals surface area contributed by atoms with Crippen LogP contribution in [0.4, 0.5) is 0 Å². The maximum Gasteiger partial charge on any atom is 0.290 e. The summed E-state index contributed by atoms with van der Waals surface area (Å²) in [5.41, 5.74) is 5.96. The molecule has 0 saturated carbocycles. The van der Waals surface area contributed by atoms with E-state index in [0.717, 1.165) is 50.7 Å². The van der Waals surface area contributed by atoms with Crippen molar-refractivity contribution >= 4 is 23.2 Å². The molecule has 3 heterocycles. The summed E-state index contributed by atoms with van der Waals surface area (Å²) < 4.78 is 7.91. The van der Waals surface area contributed by atoms with Crippen molar-refractivity contribution in [2.75, 3.05) is 28.3 Å². The SMILES string of the molecule is COc1cc2c(cc1-c1cccc(C(=O)N(C)C)c1)-c1c(-c3cccs3)nc(C(=O)N(C)C(C)(C)C)n1CC2. The zero-order valence-electron chi connectivity index (χ0n) is 23.5. The zero-order chi connectivity index (χ0) is 28.1. The molecule has 0 bridgehead atoms. The molecule has 0 unspecified atom stereocenters. The van der Waals surface area contributed by atoms with Crippen LogP contribution < -0.4 is 4.74 Å². The van der Waals surface area contributed by atoms with Gasteiger partial charge in [0.05, 0.1) is 17.7 Å². The van der Waals surface area contributed by atoms with E-state index in [1.807, 2.05) is 69.6 Å². The second-order valence-corrected chi connectivity index (χ2v) is 12.0. The number of aromatic nitrogens is 2. The lowest BCUT2D eigenvalue weighted by atomic mass is 9.91. The van der Waals surface area contributed by atoms with Gasteiger partial charge < -0.3 is 19.1 Å². The van der Waals surface area contributed by atoms with Crippen LogP contribution in [0.15, 0.2) is 53.9 Å². The molecule has 2 amide bonds. The number of rotatable bonds is 5. The molecule has 0 aliphatic carbocycles. The summed E-state index contributed by atoms with van der Waals surface area (Å²) in [5, 5.41) is 2.03. The van der Waals surface area contributed by atoms with Gasteiger partial charge >= 0.3 is 0 Å². The Labute approximate surface area is 233 Å². The molecule has 0 fully saturated rings. The van der Waals surface area contributed by atoms with Crippen LogP contribution in [0.1, 0.15) is 47.3 Å². The lowest BCUT2D eigenvalue weighted by Gasteiger charge is -2.32. The van der Waals surface area contributed by atoms with Crippen LogP contribution in [0.25, 0.3) is 33.0 Å². The first-order valence-electron chi connectivity index (χ1n) is 13.0. The van der Waals surface area contributed by atoms with Gasteiger partial charge in [-0.3, -0.25) is 9.59 Å². The third-order valence-electron chi connectivity index (χ3n) is 7.34. The Morgan fingerprint density at radius 2 is 1.77 bits per heavy atom. The molecule has 0 N–H and O–H groups in total. The zero-order valence-corrected chi connectivity index (χ0v) is 24.3. The highest BCUT2D eigenvalue weighted by molar-refractivity contribution is 7.13. The Kier molecular flexibility index (Phi) is 6.84. The molecule has 5 rings (SSSR count). The first-order valence-corrected chi connectivity index (χ1v) is 13.8. The number of fused-ring (bicyclic) bond motifs is 3. The number of aryl methyl sites for hydroxylation is 1. The highest BCUT2D eigenvalue weighted by Crippen LogP contribution is 2.44. The summed E-state index contributed by atoms with van der Waals surface area (Å²) in [6.45, 7) is 6.71. The second-order valence-electron chi connectivity index (χ2n) is 11.0. The largest absolute Gasteiger partial charge is 0.496 e. The van der Waals surface area contributed by atoms with E-state index in [1.165, 1.54) is 0 Å². The summed E-state index contributed by atoms with van der Waals surface area (Å²) in [6, 6.07) is 15.9. The summed E-state index contributed by atoms with van der Waals surface area (Å²) >= 11 is 1.61. The van der Waals surface area contributed by atoms with Gasteiger partial charge in [-0.05, 0) is 74.0 Å². The van der Waals surface area contributed by atoms with Gasteiger partial charge in [0.25, 0.3) is 11.8 Å². The number of carbonyl (C=O) groups excluding carboxylic acids is 2. The molecule has 0 atom stereocenters. The second kappa shape index (κ2) is 10.0. The van der Waals surface area contributed by atoms with Crippen LogP contribution in [0.3, 0.4) is 0 Å². The Balaban J connectivity index is 1.72. The molecule has 39 heavy (non-hydrogen) atoms. The van der Waals surface area contributed by atoms with E-state index in [0.29, 0.717) is 17.9 Å². The number of amides is 2. The van der Waals surface area contributed by atoms with Crippen LogP contribution in [0.2, 0.25) is 0 Å². The molecule has 1 aliphatic heterocycles. The number of methoxy groups -OCH3 is 1. The smallest absolute Gasteiger partial charge is 0.290 e. The van der Waals surface area contributed by atoms with Gasteiger partial charge in [0.1, 0.15) is 11.4 Å². The van der Waals surface area contributed by atoms with Gasteiger partial charge in [-0.1, -0.05) is 18.2 Å². The number of hydrogen-bond acceptors (Lipinski definition) is 5. The third kappa shape index (κ3) is 4.74. The fourth-order valence-electron chi connectivity index (χ4n) is 4.90. The average Bonchev–Trinajstić information content (AvgIpc) is 3.58. The molecule has 202 valence electrons. The number of thiophene rings is 1. The van der Waals surface area contributed by atoms with Gasteiger partial charge in [0.15, 0.2) is 5.82 Å². The van der Waals surface area contributed by atoms with E-state index < -0.39 is 0 Å². The number of carbonyl (C=O) groups is 2. The molecule has 0 saturated heterocycles. The van der Waals surface area contributed by atoms with Crippen molar-refractivity contribution in [3.05, 3.63) is 70.9 Å². The lowest BCUT2D eigenvalue weighted by Crippen LogP contribution is -2.43. The molecule has 8 heteroatoms. The normalized spacial score (nSPS) is 12.5. The molecular formula is C31H34N4O3S. The average molecular weight is 543 g/mol. The Morgan fingerprint density at radius 1 is 1.00 bits per heavy atom. The minimum atomic E-state index is -0.339. The highest BCUT2D eigenvalue weighted by Gasteiger charge is 2.33. The van der Waals surface area contributed by atoms with Crippen LogP contribution in [-0.4, -0.2) is 65.0 Å². The summed E-state index contributed by atoms with van der Waals surface area (Å²) in [6.07, 6.45) is 0.748. The number of benzene rings is 2. The highest BCUT2D eigenvalue weighted by atomic mass is 32.1. The monoisotopic (exact) mass is 542 g/mol. The van der Waals surface area contributed by atoms with Gasteiger partial charge in [-0.25, -0.2) is 4.98 Å². The van der Waals surface area contributed by atoms with Crippen LogP contribution >= 0.6 is 11.3 Å². The number of imidazole rings is 1. The van der Waals surface area contributed by atoms with E-state index >= 15 is 0 Å². The van der Waals surface area contributed by atoms with Crippen molar-refractivity contribution in [3.8, 4) is 38.7 Å². The quantitative estimate of drug-likeness (QED) is 0.306. The predicted molar refractivity (Wildman–Crippen MR) is 157 cm³/mol. The van der Waals surface area contributed by atoms with E-state index in [9.17, 15) is 9.59 Å². The molecule has 1 aliphatic rings. The maximum absolute atomic E-state index is 13.7. The minimum absolute atomic E-state index is 0.0574. The fraction of sp³-hybridized carbons (Fsp3) is 0.323. The third-order valence-corrected chi connectivity index (χ3v) is 8.21. The van der Waals surface area contributed by atoms with Crippen LogP contribution in [0.5, 0.6) is 5.75 Å². The molecular weight excluding hydrogens is 508 g/mol. The molecule has 2 aromatic carbocycles. The summed E-state index contributed by atoms with van der Waals surface area (Å²) in [4.78, 5) is 35.7. The van der Waals surface area contributed by atoms with Crippen molar-refractivity contribution in [2.24, 2.45) is 0 Å². The fourth-order valence-corrected chi connectivity index (χ4v) is 5.62. The summed E-state index contributed by atoms with van der Waals surface area (Å²) in [7, 11) is 7.00. The lowest BCUT2D eigenvalue weighted by molar-refractivity contribution is 0.0637. The van der Waals surface area contributed by atoms with Gasteiger partial charge in [0, 0.05) is 49.9 Å². The van der Waals surface area contributed by atoms with E-state index in [-0.39, 0.29) is 17.4 Å². The number of ether oxygens (including phenoxy) is 1. The van der Waals surface area contributed by atoms with Crippen molar-refractivity contribution in [2.45, 2.75) is 39.3 Å². The number of hydrogen-bond donors (Lipinski definition) is 0. The first kappa shape index (κ1) is 26.7. The maximum atomic E-state index is 13.7. The first-order chi connectivity index (χ1) is 18.5. The van der Waals surface area contributed by atoms with E-state index in [4.69, 9.17) is 9.72 Å². The Hall–Kier alpha value is -3.91. The van der Waals surface area contributed by atoms with Crippen LogP contribution in [-0.2, 0) is 13.0 Å². The van der Waals surface area contributed by atoms with Crippen LogP contribution in [0, 0.1) is 0 Å². The Morgan fingerprint density at radius 3 is 2.41 bits per heavy atom. The number of nitrogens with zero attached hydrogens (tertiary/aromatic N) is 4. The van der Waals surface area contributed by atoms with Crippen molar-refractivity contribution < 1.29 is 14.3 Å². The Bertz CT molecular complexity index is 1560. The van der Waals surface area contributed by atoms with Crippen molar-refractivity contribution in [1.29, 1.82) is 0 Å². The van der Waals surface area contributed by atoms with Crippen molar-refractivity contribution in [3.63, 3.8) is 0 Å². The van der Waals surface area contributed by atoms with Gasteiger partial charge in [-0.2, -0.15) is 0 Å². The molecule has 0 spiro atoms. The molecule has 2 aromatic heterocycles. The van der Waals surface area contributed by atoms with E-state index in [2.05, 4.69) is 16.7 Å². The standard InChI is InChI=1S/C31H34N4O3S/c1-31(2,3)34(6)30(37)28-32-26(25-12-9-15-39-25)27-23-18-22(24(38-7)17-20(23)13-14-35(27)28)19-10-8-11-21(16-19)29(36)33(4)5/h8-12,15-18H,13-14H2,1-7H3. The topological polar surface area (TPSA) is 67.7 Å².